The molecule has 1 atom stereocenters. The molecular formula is C17H23N5O2. The number of nitrogens with zero attached hydrogens (tertiary/aromatic N) is 3. The lowest BCUT2D eigenvalue weighted by Crippen LogP contribution is -2.37. The lowest BCUT2D eigenvalue weighted by Gasteiger charge is -2.21. The Hall–Kier alpha value is -2.57. The third kappa shape index (κ3) is 3.84. The van der Waals surface area contributed by atoms with E-state index < -0.39 is 0 Å². The molecule has 2 N–H and O–H groups in total. The molecule has 128 valence electrons. The first-order valence-electron chi connectivity index (χ1n) is 8.31. The van der Waals surface area contributed by atoms with Crippen molar-refractivity contribution in [2.45, 2.75) is 39.3 Å². The van der Waals surface area contributed by atoms with Gasteiger partial charge in [-0.2, -0.15) is 4.98 Å². The van der Waals surface area contributed by atoms with E-state index in [9.17, 15) is 4.79 Å². The highest BCUT2D eigenvalue weighted by molar-refractivity contribution is 5.74. The van der Waals surface area contributed by atoms with Crippen molar-refractivity contribution in [2.75, 3.05) is 18.0 Å². The minimum Gasteiger partial charge on any atom is -0.371 e. The van der Waals surface area contributed by atoms with Gasteiger partial charge in [-0.15, -0.1) is 0 Å². The summed E-state index contributed by atoms with van der Waals surface area (Å²) in [6.07, 6.45) is 2.45. The molecule has 2 aromatic rings. The van der Waals surface area contributed by atoms with Crippen LogP contribution >= 0.6 is 0 Å². The molecule has 0 saturated carbocycles. The van der Waals surface area contributed by atoms with Crippen molar-refractivity contribution >= 4 is 11.7 Å². The number of anilines is 1. The van der Waals surface area contributed by atoms with Crippen molar-refractivity contribution < 1.29 is 9.32 Å². The summed E-state index contributed by atoms with van der Waals surface area (Å²) in [5, 5.41) is 9.44. The van der Waals surface area contributed by atoms with E-state index in [2.05, 4.69) is 37.8 Å². The summed E-state index contributed by atoms with van der Waals surface area (Å²) in [6, 6.07) is 7.62. The van der Waals surface area contributed by atoms with Gasteiger partial charge in [-0.25, -0.2) is 4.79 Å². The maximum atomic E-state index is 12.1. The monoisotopic (exact) mass is 329 g/mol. The Morgan fingerprint density at radius 2 is 2.08 bits per heavy atom. The number of aryl methyl sites for hydroxylation is 1. The van der Waals surface area contributed by atoms with Crippen LogP contribution in [0, 0.1) is 6.92 Å². The van der Waals surface area contributed by atoms with Crippen LogP contribution < -0.4 is 15.5 Å². The van der Waals surface area contributed by atoms with Gasteiger partial charge in [0, 0.05) is 25.3 Å². The summed E-state index contributed by atoms with van der Waals surface area (Å²) >= 11 is 0. The third-order valence-electron chi connectivity index (χ3n) is 4.14. The first kappa shape index (κ1) is 16.3. The minimum atomic E-state index is -0.333. The Bertz CT molecular complexity index is 694. The van der Waals surface area contributed by atoms with Crippen LogP contribution in [0.4, 0.5) is 10.5 Å². The molecule has 1 aliphatic rings. The Balaban J connectivity index is 1.56. The van der Waals surface area contributed by atoms with E-state index in [0.29, 0.717) is 18.3 Å². The van der Waals surface area contributed by atoms with E-state index in [4.69, 9.17) is 4.52 Å². The molecule has 2 heterocycles. The summed E-state index contributed by atoms with van der Waals surface area (Å²) in [7, 11) is 0. The van der Waals surface area contributed by atoms with E-state index in [-0.39, 0.29) is 12.1 Å². The molecule has 24 heavy (non-hydrogen) atoms. The molecular weight excluding hydrogens is 306 g/mol. The highest BCUT2D eigenvalue weighted by Gasteiger charge is 2.17. The van der Waals surface area contributed by atoms with Crippen molar-refractivity contribution in [3.05, 3.63) is 41.5 Å². The van der Waals surface area contributed by atoms with Crippen LogP contribution in [0.25, 0.3) is 0 Å². The van der Waals surface area contributed by atoms with Crippen molar-refractivity contribution in [3.63, 3.8) is 0 Å². The highest BCUT2D eigenvalue weighted by atomic mass is 16.5. The molecule has 1 aliphatic heterocycles. The zero-order valence-electron chi connectivity index (χ0n) is 14.1. The van der Waals surface area contributed by atoms with Crippen LogP contribution in [-0.4, -0.2) is 29.3 Å². The summed E-state index contributed by atoms with van der Waals surface area (Å²) in [6.45, 7) is 6.20. The van der Waals surface area contributed by atoms with Gasteiger partial charge in [-0.3, -0.25) is 0 Å². The second-order valence-electron chi connectivity index (χ2n) is 6.05. The number of nitrogens with one attached hydrogen (secondary N) is 2. The normalized spacial score (nSPS) is 15.3. The fraction of sp³-hybridized carbons (Fsp3) is 0.471. The minimum absolute atomic E-state index is 0.255. The van der Waals surface area contributed by atoms with E-state index >= 15 is 0 Å². The van der Waals surface area contributed by atoms with Crippen LogP contribution in [0.1, 0.15) is 43.1 Å². The van der Waals surface area contributed by atoms with Gasteiger partial charge >= 0.3 is 6.03 Å². The molecule has 0 unspecified atom stereocenters. The predicted octanol–water partition coefficient (Wildman–Crippen LogP) is 2.54. The van der Waals surface area contributed by atoms with Gasteiger partial charge in [0.15, 0.2) is 5.82 Å². The standard InChI is InChI=1S/C17H23N5O2/c1-12(16-20-13(2)21-24-16)19-17(23)18-11-14-7-3-4-8-15(14)22-9-5-6-10-22/h3-4,7-8,12H,5-6,9-11H2,1-2H3,(H2,18,19,23)/t12-/m0/s1. The number of hydrogen-bond acceptors (Lipinski definition) is 5. The lowest BCUT2D eigenvalue weighted by atomic mass is 10.1. The molecule has 0 spiro atoms. The summed E-state index contributed by atoms with van der Waals surface area (Å²) in [5.41, 5.74) is 2.33. The van der Waals surface area contributed by atoms with Crippen LogP contribution in [0.15, 0.2) is 28.8 Å². The number of para-hydroxylation sites is 1. The van der Waals surface area contributed by atoms with Crippen molar-refractivity contribution in [1.82, 2.24) is 20.8 Å². The lowest BCUT2D eigenvalue weighted by molar-refractivity contribution is 0.233. The topological polar surface area (TPSA) is 83.3 Å². The predicted molar refractivity (Wildman–Crippen MR) is 90.7 cm³/mol. The molecule has 2 amide bonds. The smallest absolute Gasteiger partial charge is 0.315 e. The van der Waals surface area contributed by atoms with Crippen molar-refractivity contribution in [1.29, 1.82) is 0 Å². The molecule has 7 heteroatoms. The number of carbonyl (C=O) groups is 1. The number of hydrogen-bond donors (Lipinski definition) is 2. The molecule has 1 fully saturated rings. The maximum absolute atomic E-state index is 12.1. The second-order valence-corrected chi connectivity index (χ2v) is 6.05. The van der Waals surface area contributed by atoms with Gasteiger partial charge in [-0.05, 0) is 38.3 Å². The highest BCUT2D eigenvalue weighted by Crippen LogP contribution is 2.24. The molecule has 0 bridgehead atoms. The van der Waals surface area contributed by atoms with Gasteiger partial charge in [0.05, 0.1) is 0 Å². The number of aromatic nitrogens is 2. The van der Waals surface area contributed by atoms with E-state index in [1.54, 1.807) is 6.92 Å². The third-order valence-corrected chi connectivity index (χ3v) is 4.14. The summed E-state index contributed by atoms with van der Waals surface area (Å²) in [4.78, 5) is 18.6. The van der Waals surface area contributed by atoms with Crippen LogP contribution in [0.3, 0.4) is 0 Å². The van der Waals surface area contributed by atoms with Crippen molar-refractivity contribution in [3.8, 4) is 0 Å². The molecule has 1 aromatic heterocycles. The average Bonchev–Trinajstić information content (AvgIpc) is 3.24. The van der Waals surface area contributed by atoms with Gasteiger partial charge in [0.25, 0.3) is 0 Å². The van der Waals surface area contributed by atoms with Crippen LogP contribution in [0.2, 0.25) is 0 Å². The number of benzene rings is 1. The largest absolute Gasteiger partial charge is 0.371 e. The average molecular weight is 329 g/mol. The number of amides is 2. The van der Waals surface area contributed by atoms with E-state index in [1.165, 1.54) is 18.5 Å². The number of rotatable bonds is 5. The Morgan fingerprint density at radius 3 is 2.79 bits per heavy atom. The zero-order chi connectivity index (χ0) is 16.9. The molecule has 7 nitrogen and oxygen atoms in total. The maximum Gasteiger partial charge on any atom is 0.315 e. The van der Waals surface area contributed by atoms with Crippen LogP contribution in [-0.2, 0) is 6.54 Å². The number of carbonyl (C=O) groups excluding carboxylic acids is 1. The molecule has 0 aliphatic carbocycles. The zero-order valence-corrected chi connectivity index (χ0v) is 14.1. The second kappa shape index (κ2) is 7.33. The summed E-state index contributed by atoms with van der Waals surface area (Å²) < 4.78 is 5.07. The fourth-order valence-corrected chi connectivity index (χ4v) is 2.90. The van der Waals surface area contributed by atoms with Crippen LogP contribution in [0.5, 0.6) is 0 Å². The fourth-order valence-electron chi connectivity index (χ4n) is 2.90. The Labute approximate surface area is 141 Å². The van der Waals surface area contributed by atoms with Gasteiger partial charge in [0.1, 0.15) is 6.04 Å². The van der Waals surface area contributed by atoms with E-state index in [0.717, 1.165) is 18.7 Å². The SMILES string of the molecule is Cc1noc([C@H](C)NC(=O)NCc2ccccc2N2CCCC2)n1. The molecule has 3 rings (SSSR count). The van der Waals surface area contributed by atoms with Gasteiger partial charge in [0.2, 0.25) is 5.89 Å². The first-order valence-corrected chi connectivity index (χ1v) is 8.31. The molecule has 1 aromatic carbocycles. The van der Waals surface area contributed by atoms with Gasteiger partial charge < -0.3 is 20.1 Å². The first-order chi connectivity index (χ1) is 11.6. The van der Waals surface area contributed by atoms with Crippen molar-refractivity contribution in [2.24, 2.45) is 0 Å². The van der Waals surface area contributed by atoms with E-state index in [1.807, 2.05) is 19.1 Å². The van der Waals surface area contributed by atoms with Gasteiger partial charge in [-0.1, -0.05) is 23.4 Å². The number of urea groups is 1. The summed E-state index contributed by atoms with van der Waals surface area (Å²) in [5.74, 6) is 0.957. The molecule has 1 saturated heterocycles. The Morgan fingerprint density at radius 1 is 1.33 bits per heavy atom. The quantitative estimate of drug-likeness (QED) is 0.881. The Kier molecular flexibility index (Phi) is 4.98. The molecule has 0 radical (unpaired) electrons.